The van der Waals surface area contributed by atoms with Crippen molar-refractivity contribution in [2.75, 3.05) is 0 Å². The van der Waals surface area contributed by atoms with Gasteiger partial charge < -0.3 is 4.57 Å². The van der Waals surface area contributed by atoms with E-state index in [1.807, 2.05) is 17.7 Å². The number of Topliss-reactive ketones (excluding diaryl/α,β-unsaturated/α-hetero) is 1. The highest BCUT2D eigenvalue weighted by Gasteiger charge is 2.06. The van der Waals surface area contributed by atoms with Crippen LogP contribution in [-0.2, 0) is 17.8 Å². The lowest BCUT2D eigenvalue weighted by Crippen LogP contribution is -2.08. The van der Waals surface area contributed by atoms with Crippen LogP contribution in [0.15, 0.2) is 25.0 Å². The monoisotopic (exact) mass is 178 g/mol. The maximum Gasteiger partial charge on any atom is 0.144 e. The zero-order valence-corrected chi connectivity index (χ0v) is 7.86. The molecule has 3 nitrogen and oxygen atoms in total. The van der Waals surface area contributed by atoms with Crippen molar-refractivity contribution in [2.45, 2.75) is 26.3 Å². The molecule has 0 aliphatic heterocycles. The van der Waals surface area contributed by atoms with Crippen LogP contribution >= 0.6 is 0 Å². The van der Waals surface area contributed by atoms with Crippen LogP contribution in [0.3, 0.4) is 0 Å². The van der Waals surface area contributed by atoms with Gasteiger partial charge in [0.05, 0.1) is 6.42 Å². The first-order valence-corrected chi connectivity index (χ1v) is 4.40. The van der Waals surface area contributed by atoms with Crippen LogP contribution in [0, 0.1) is 0 Å². The van der Waals surface area contributed by atoms with Gasteiger partial charge in [0.25, 0.3) is 0 Å². The number of nitrogens with zero attached hydrogens (tertiary/aromatic N) is 2. The Hall–Kier alpha value is -1.38. The smallest absolute Gasteiger partial charge is 0.144 e. The van der Waals surface area contributed by atoms with Gasteiger partial charge in [-0.1, -0.05) is 6.08 Å². The molecule has 0 N–H and O–H groups in total. The molecule has 0 saturated carbocycles. The molecule has 1 aromatic heterocycles. The second-order valence-corrected chi connectivity index (χ2v) is 2.84. The summed E-state index contributed by atoms with van der Waals surface area (Å²) in [6.45, 7) is 6.41. The van der Waals surface area contributed by atoms with Crippen LogP contribution in [0.2, 0.25) is 0 Å². The van der Waals surface area contributed by atoms with Gasteiger partial charge in [-0.05, 0) is 6.92 Å². The number of carbonyl (C=O) groups is 1. The fraction of sp³-hybridized carbons (Fsp3) is 0.400. The Balaban J connectivity index is 2.62. The molecule has 0 saturated heterocycles. The number of aromatic nitrogens is 2. The van der Waals surface area contributed by atoms with Crippen molar-refractivity contribution < 1.29 is 4.79 Å². The third kappa shape index (κ3) is 2.54. The predicted octanol–water partition coefficient (Wildman–Crippen LogP) is 1.59. The van der Waals surface area contributed by atoms with Crippen LogP contribution in [0.25, 0.3) is 0 Å². The first kappa shape index (κ1) is 9.71. The molecule has 0 amide bonds. The minimum absolute atomic E-state index is 0.163. The van der Waals surface area contributed by atoms with E-state index in [1.165, 1.54) is 0 Å². The molecule has 1 rings (SSSR count). The standard InChI is InChI=1S/C10H14N2O/c1-3-5-9(13)8-10-11-6-7-12(10)4-2/h3,6-7H,1,4-5,8H2,2H3. The van der Waals surface area contributed by atoms with Crippen molar-refractivity contribution in [1.82, 2.24) is 9.55 Å². The Bertz CT molecular complexity index is 302. The van der Waals surface area contributed by atoms with Gasteiger partial charge in [0.1, 0.15) is 11.6 Å². The SMILES string of the molecule is C=CCC(=O)Cc1nccn1CC. The third-order valence-corrected chi connectivity index (χ3v) is 1.87. The number of carbonyl (C=O) groups excluding carboxylic acids is 1. The summed E-state index contributed by atoms with van der Waals surface area (Å²) in [5, 5.41) is 0. The van der Waals surface area contributed by atoms with Crippen LogP contribution in [0.4, 0.5) is 0 Å². The summed E-state index contributed by atoms with van der Waals surface area (Å²) in [7, 11) is 0. The maximum absolute atomic E-state index is 11.3. The first-order valence-electron chi connectivity index (χ1n) is 4.40. The van der Waals surface area contributed by atoms with Gasteiger partial charge >= 0.3 is 0 Å². The lowest BCUT2D eigenvalue weighted by atomic mass is 10.2. The molecule has 0 fully saturated rings. The van der Waals surface area contributed by atoms with Crippen molar-refractivity contribution >= 4 is 5.78 Å². The molecule has 70 valence electrons. The van der Waals surface area contributed by atoms with Gasteiger partial charge in [0, 0.05) is 25.4 Å². The molecule has 0 aliphatic carbocycles. The highest BCUT2D eigenvalue weighted by atomic mass is 16.1. The summed E-state index contributed by atoms with van der Waals surface area (Å²) in [5.41, 5.74) is 0. The molecular formula is C10H14N2O. The van der Waals surface area contributed by atoms with Gasteiger partial charge in [-0.2, -0.15) is 0 Å². The number of hydrogen-bond donors (Lipinski definition) is 0. The van der Waals surface area contributed by atoms with E-state index >= 15 is 0 Å². The van der Waals surface area contributed by atoms with Crippen LogP contribution in [-0.4, -0.2) is 15.3 Å². The van der Waals surface area contributed by atoms with Crippen molar-refractivity contribution in [3.8, 4) is 0 Å². The summed E-state index contributed by atoms with van der Waals surface area (Å²) in [5.74, 6) is 1.00. The number of rotatable bonds is 5. The number of hydrogen-bond acceptors (Lipinski definition) is 2. The fourth-order valence-corrected chi connectivity index (χ4v) is 1.20. The summed E-state index contributed by atoms with van der Waals surface area (Å²) in [6, 6.07) is 0. The van der Waals surface area contributed by atoms with Crippen LogP contribution in [0.5, 0.6) is 0 Å². The van der Waals surface area contributed by atoms with Crippen molar-refractivity contribution in [3.05, 3.63) is 30.9 Å². The first-order chi connectivity index (χ1) is 6.27. The van der Waals surface area contributed by atoms with Crippen molar-refractivity contribution in [2.24, 2.45) is 0 Å². The van der Waals surface area contributed by atoms with E-state index < -0.39 is 0 Å². The lowest BCUT2D eigenvalue weighted by Gasteiger charge is -2.02. The zero-order chi connectivity index (χ0) is 9.68. The molecule has 1 heterocycles. The van der Waals surface area contributed by atoms with E-state index in [-0.39, 0.29) is 5.78 Å². The summed E-state index contributed by atoms with van der Waals surface area (Å²) in [6.07, 6.45) is 6.07. The number of ketones is 1. The molecule has 0 radical (unpaired) electrons. The van der Waals surface area contributed by atoms with Crippen LogP contribution in [0.1, 0.15) is 19.2 Å². The Kier molecular flexibility index (Phi) is 3.43. The third-order valence-electron chi connectivity index (χ3n) is 1.87. The molecule has 1 aromatic rings. The molecule has 0 aromatic carbocycles. The van der Waals surface area contributed by atoms with Gasteiger partial charge in [-0.25, -0.2) is 4.98 Å². The molecule has 3 heteroatoms. The topological polar surface area (TPSA) is 34.9 Å². The highest BCUT2D eigenvalue weighted by Crippen LogP contribution is 2.00. The van der Waals surface area contributed by atoms with Gasteiger partial charge in [-0.3, -0.25) is 4.79 Å². The normalized spacial score (nSPS) is 9.92. The van der Waals surface area contributed by atoms with Crippen molar-refractivity contribution in [3.63, 3.8) is 0 Å². The number of imidazole rings is 1. The predicted molar refractivity (Wildman–Crippen MR) is 51.4 cm³/mol. The van der Waals surface area contributed by atoms with Gasteiger partial charge in [0.15, 0.2) is 0 Å². The highest BCUT2D eigenvalue weighted by molar-refractivity contribution is 5.81. The largest absolute Gasteiger partial charge is 0.335 e. The summed E-state index contributed by atoms with van der Waals surface area (Å²) < 4.78 is 1.97. The average Bonchev–Trinajstić information content (AvgIpc) is 2.52. The van der Waals surface area contributed by atoms with E-state index in [0.29, 0.717) is 12.8 Å². The fourth-order valence-electron chi connectivity index (χ4n) is 1.20. The van der Waals surface area contributed by atoms with E-state index in [4.69, 9.17) is 0 Å². The summed E-state index contributed by atoms with van der Waals surface area (Å²) in [4.78, 5) is 15.4. The van der Waals surface area contributed by atoms with E-state index in [1.54, 1.807) is 12.3 Å². The van der Waals surface area contributed by atoms with E-state index in [2.05, 4.69) is 11.6 Å². The summed E-state index contributed by atoms with van der Waals surface area (Å²) >= 11 is 0. The zero-order valence-electron chi connectivity index (χ0n) is 7.86. The Labute approximate surface area is 78.1 Å². The van der Waals surface area contributed by atoms with Gasteiger partial charge in [-0.15, -0.1) is 6.58 Å². The molecule has 0 atom stereocenters. The Morgan fingerprint density at radius 1 is 1.77 bits per heavy atom. The van der Waals surface area contributed by atoms with Gasteiger partial charge in [0.2, 0.25) is 0 Å². The number of allylic oxidation sites excluding steroid dienone is 1. The molecule has 13 heavy (non-hydrogen) atoms. The quantitative estimate of drug-likeness (QED) is 0.642. The Morgan fingerprint density at radius 2 is 2.54 bits per heavy atom. The van der Waals surface area contributed by atoms with Crippen LogP contribution < -0.4 is 0 Å². The molecule has 0 aliphatic rings. The second kappa shape index (κ2) is 4.60. The Morgan fingerprint density at radius 3 is 3.15 bits per heavy atom. The molecule has 0 bridgehead atoms. The number of aryl methyl sites for hydroxylation is 1. The average molecular weight is 178 g/mol. The lowest BCUT2D eigenvalue weighted by molar-refractivity contribution is -0.117. The minimum atomic E-state index is 0.163. The minimum Gasteiger partial charge on any atom is -0.335 e. The van der Waals surface area contributed by atoms with E-state index in [9.17, 15) is 4.79 Å². The molecule has 0 spiro atoms. The second-order valence-electron chi connectivity index (χ2n) is 2.84. The van der Waals surface area contributed by atoms with E-state index in [0.717, 1.165) is 12.4 Å². The molecular weight excluding hydrogens is 164 g/mol. The maximum atomic E-state index is 11.3. The molecule has 0 unspecified atom stereocenters. The van der Waals surface area contributed by atoms with Crippen molar-refractivity contribution in [1.29, 1.82) is 0 Å².